The van der Waals surface area contributed by atoms with Gasteiger partial charge in [-0.2, -0.15) is 5.10 Å². The van der Waals surface area contributed by atoms with Crippen LogP contribution in [0.3, 0.4) is 0 Å². The van der Waals surface area contributed by atoms with Crippen molar-refractivity contribution in [2.24, 2.45) is 0 Å². The largest absolute Gasteiger partial charge is 0.382 e. The van der Waals surface area contributed by atoms with Gasteiger partial charge >= 0.3 is 0 Å². The lowest BCUT2D eigenvalue weighted by Crippen LogP contribution is -2.00. The van der Waals surface area contributed by atoms with Crippen LogP contribution in [0.25, 0.3) is 0 Å². The molecule has 62 valence electrons. The van der Waals surface area contributed by atoms with Crippen LogP contribution in [0.2, 0.25) is 0 Å². The fourth-order valence-corrected chi connectivity index (χ4v) is 0.951. The first-order valence-corrected chi connectivity index (χ1v) is 3.65. The van der Waals surface area contributed by atoms with Crippen molar-refractivity contribution < 1.29 is 4.39 Å². The molecular weight excluding hydrogens is 145 g/mol. The van der Waals surface area contributed by atoms with Crippen LogP contribution >= 0.6 is 0 Å². The van der Waals surface area contributed by atoms with Crippen LogP contribution in [0.1, 0.15) is 12.5 Å². The summed E-state index contributed by atoms with van der Waals surface area (Å²) in [5.41, 5.74) is 6.51. The van der Waals surface area contributed by atoms with Gasteiger partial charge in [0.05, 0.1) is 6.54 Å². The number of hydrogen-bond donors (Lipinski definition) is 1. The van der Waals surface area contributed by atoms with Gasteiger partial charge in [0.25, 0.3) is 0 Å². The van der Waals surface area contributed by atoms with Crippen molar-refractivity contribution >= 4 is 5.82 Å². The minimum atomic E-state index is -0.399. The molecule has 1 aromatic heterocycles. The molecule has 1 heterocycles. The average molecular weight is 157 g/mol. The van der Waals surface area contributed by atoms with Crippen LogP contribution in [-0.2, 0) is 13.0 Å². The van der Waals surface area contributed by atoms with E-state index in [1.54, 1.807) is 6.20 Å². The number of alkyl halides is 1. The molecule has 4 heteroatoms. The monoisotopic (exact) mass is 157 g/mol. The molecule has 1 rings (SSSR count). The highest BCUT2D eigenvalue weighted by Gasteiger charge is 2.01. The van der Waals surface area contributed by atoms with Crippen molar-refractivity contribution in [2.45, 2.75) is 19.9 Å². The summed E-state index contributed by atoms with van der Waals surface area (Å²) in [6.45, 7) is 1.89. The summed E-state index contributed by atoms with van der Waals surface area (Å²) >= 11 is 0. The average Bonchev–Trinajstić information content (AvgIpc) is 2.32. The Morgan fingerprint density at radius 2 is 2.45 bits per heavy atom. The number of nitrogen functional groups attached to an aromatic ring is 1. The van der Waals surface area contributed by atoms with Crippen LogP contribution in [0.15, 0.2) is 6.20 Å². The highest BCUT2D eigenvalue weighted by Crippen LogP contribution is 2.08. The van der Waals surface area contributed by atoms with Crippen LogP contribution < -0.4 is 5.73 Å². The third-order valence-corrected chi connectivity index (χ3v) is 1.56. The normalized spacial score (nSPS) is 10.4. The number of aromatic nitrogens is 2. The molecule has 2 N–H and O–H groups in total. The highest BCUT2D eigenvalue weighted by molar-refractivity contribution is 5.36. The van der Waals surface area contributed by atoms with Crippen LogP contribution in [0.5, 0.6) is 0 Å². The summed E-state index contributed by atoms with van der Waals surface area (Å²) in [5.74, 6) is 0.515. The van der Waals surface area contributed by atoms with E-state index in [2.05, 4.69) is 5.10 Å². The molecule has 0 bridgehead atoms. The Kier molecular flexibility index (Phi) is 2.46. The molecule has 0 aliphatic rings. The second-order valence-corrected chi connectivity index (χ2v) is 2.35. The number of anilines is 1. The predicted octanol–water partition coefficient (Wildman–Crippen LogP) is 0.997. The molecule has 0 aliphatic carbocycles. The van der Waals surface area contributed by atoms with Crippen LogP contribution in [-0.4, -0.2) is 16.5 Å². The summed E-state index contributed by atoms with van der Waals surface area (Å²) in [7, 11) is 0. The Balaban J connectivity index is 2.77. The lowest BCUT2D eigenvalue weighted by Gasteiger charge is -1.91. The maximum Gasteiger partial charge on any atom is 0.148 e. The van der Waals surface area contributed by atoms with Gasteiger partial charge in [-0.1, -0.05) is 6.92 Å². The third-order valence-electron chi connectivity index (χ3n) is 1.56. The fraction of sp³-hybridized carbons (Fsp3) is 0.571. The van der Waals surface area contributed by atoms with Gasteiger partial charge in [-0.05, 0) is 6.42 Å². The molecular formula is C7H12FN3. The molecule has 3 nitrogen and oxygen atoms in total. The zero-order valence-electron chi connectivity index (χ0n) is 6.55. The molecule has 0 fully saturated rings. The second kappa shape index (κ2) is 3.37. The van der Waals surface area contributed by atoms with Gasteiger partial charge in [-0.3, -0.25) is 4.68 Å². The van der Waals surface area contributed by atoms with Gasteiger partial charge < -0.3 is 5.73 Å². The second-order valence-electron chi connectivity index (χ2n) is 2.35. The smallest absolute Gasteiger partial charge is 0.148 e. The third kappa shape index (κ3) is 1.69. The van der Waals surface area contributed by atoms with Crippen molar-refractivity contribution in [3.8, 4) is 0 Å². The number of aryl methyl sites for hydroxylation is 2. The summed E-state index contributed by atoms with van der Waals surface area (Å²) in [6, 6.07) is 0. The summed E-state index contributed by atoms with van der Waals surface area (Å²) in [4.78, 5) is 0. The van der Waals surface area contributed by atoms with E-state index in [0.717, 1.165) is 12.0 Å². The first-order valence-electron chi connectivity index (χ1n) is 3.65. The van der Waals surface area contributed by atoms with Gasteiger partial charge in [-0.15, -0.1) is 0 Å². The number of nitrogens with two attached hydrogens (primary N) is 1. The topological polar surface area (TPSA) is 43.8 Å². The zero-order chi connectivity index (χ0) is 8.27. The maximum absolute atomic E-state index is 11.8. The molecule has 0 atom stereocenters. The number of rotatable bonds is 3. The lowest BCUT2D eigenvalue weighted by atomic mass is 10.3. The minimum Gasteiger partial charge on any atom is -0.382 e. The van der Waals surface area contributed by atoms with E-state index in [9.17, 15) is 4.39 Å². The first kappa shape index (κ1) is 8.04. The molecule has 0 spiro atoms. The molecule has 0 saturated carbocycles. The van der Waals surface area contributed by atoms with Crippen molar-refractivity contribution in [2.75, 3.05) is 12.4 Å². The van der Waals surface area contributed by atoms with Crippen molar-refractivity contribution in [1.82, 2.24) is 9.78 Å². The zero-order valence-corrected chi connectivity index (χ0v) is 6.55. The summed E-state index contributed by atoms with van der Waals surface area (Å²) < 4.78 is 13.4. The molecule has 11 heavy (non-hydrogen) atoms. The SMILES string of the molecule is CCc1cn(CCF)nc1N. The Labute approximate surface area is 65.0 Å². The first-order chi connectivity index (χ1) is 5.27. The van der Waals surface area contributed by atoms with E-state index in [0.29, 0.717) is 12.4 Å². The van der Waals surface area contributed by atoms with E-state index < -0.39 is 6.67 Å². The predicted molar refractivity (Wildman–Crippen MR) is 42.0 cm³/mol. The maximum atomic E-state index is 11.8. The van der Waals surface area contributed by atoms with Gasteiger partial charge in [0.1, 0.15) is 12.5 Å². The molecule has 1 aromatic rings. The van der Waals surface area contributed by atoms with Crippen molar-refractivity contribution in [1.29, 1.82) is 0 Å². The van der Waals surface area contributed by atoms with Crippen LogP contribution in [0.4, 0.5) is 10.2 Å². The molecule has 0 aromatic carbocycles. The molecule has 0 amide bonds. The van der Waals surface area contributed by atoms with Gasteiger partial charge in [0.15, 0.2) is 0 Å². The van der Waals surface area contributed by atoms with Gasteiger partial charge in [-0.25, -0.2) is 4.39 Å². The number of nitrogens with zero attached hydrogens (tertiary/aromatic N) is 2. The Morgan fingerprint density at radius 3 is 2.91 bits per heavy atom. The quantitative estimate of drug-likeness (QED) is 0.711. The van der Waals surface area contributed by atoms with E-state index >= 15 is 0 Å². The van der Waals surface area contributed by atoms with Crippen molar-refractivity contribution in [3.63, 3.8) is 0 Å². The number of hydrogen-bond acceptors (Lipinski definition) is 2. The Bertz CT molecular complexity index is 232. The standard InChI is InChI=1S/C7H12FN3/c1-2-6-5-11(4-3-8)10-7(6)9/h5H,2-4H2,1H3,(H2,9,10). The van der Waals surface area contributed by atoms with Crippen LogP contribution in [0, 0.1) is 0 Å². The van der Waals surface area contributed by atoms with E-state index in [1.807, 2.05) is 6.92 Å². The minimum absolute atomic E-state index is 0.296. The highest BCUT2D eigenvalue weighted by atomic mass is 19.1. The molecule has 0 unspecified atom stereocenters. The molecule has 0 aliphatic heterocycles. The summed E-state index contributed by atoms with van der Waals surface area (Å²) in [6.07, 6.45) is 2.63. The lowest BCUT2D eigenvalue weighted by molar-refractivity contribution is 0.427. The summed E-state index contributed by atoms with van der Waals surface area (Å²) in [5, 5.41) is 3.93. The van der Waals surface area contributed by atoms with Gasteiger partial charge in [0.2, 0.25) is 0 Å². The van der Waals surface area contributed by atoms with Gasteiger partial charge in [0, 0.05) is 11.8 Å². The Morgan fingerprint density at radius 1 is 1.73 bits per heavy atom. The van der Waals surface area contributed by atoms with E-state index in [-0.39, 0.29) is 0 Å². The number of halogens is 1. The van der Waals surface area contributed by atoms with Crippen molar-refractivity contribution in [3.05, 3.63) is 11.8 Å². The molecule has 0 saturated heterocycles. The Hall–Kier alpha value is -1.06. The fourth-order valence-electron chi connectivity index (χ4n) is 0.951. The molecule has 0 radical (unpaired) electrons. The van der Waals surface area contributed by atoms with E-state index in [4.69, 9.17) is 5.73 Å². The van der Waals surface area contributed by atoms with E-state index in [1.165, 1.54) is 4.68 Å².